The highest BCUT2D eigenvalue weighted by Crippen LogP contribution is 2.22. The number of carboxylic acid groups (broad SMARTS) is 4. The van der Waals surface area contributed by atoms with E-state index in [0.29, 0.717) is 317 Å². The van der Waals surface area contributed by atoms with Gasteiger partial charge >= 0.3 is 23.9 Å². The van der Waals surface area contributed by atoms with Crippen molar-refractivity contribution in [1.82, 2.24) is 0 Å². The van der Waals surface area contributed by atoms with Crippen molar-refractivity contribution in [1.29, 1.82) is 0 Å². The summed E-state index contributed by atoms with van der Waals surface area (Å²) < 4.78 is 163. The van der Waals surface area contributed by atoms with Gasteiger partial charge in [-0.3, -0.25) is 23.6 Å². The van der Waals surface area contributed by atoms with Gasteiger partial charge in [0.2, 0.25) is 0 Å². The van der Waals surface area contributed by atoms with E-state index in [0.717, 1.165) is 0 Å². The van der Waals surface area contributed by atoms with Crippen LogP contribution in [0.15, 0.2) is 5.11 Å². The smallest absolute Gasteiger partial charge is 0.305 e. The van der Waals surface area contributed by atoms with Crippen molar-refractivity contribution in [2.45, 2.75) is 25.7 Å². The molecule has 0 rings (SSSR count). The summed E-state index contributed by atoms with van der Waals surface area (Å²) in [5.74, 6) is -4.21. The molecule has 0 aromatic heterocycles. The summed E-state index contributed by atoms with van der Waals surface area (Å²) in [5.41, 5.74) is 12.5. The number of azide groups is 1. The van der Waals surface area contributed by atoms with Gasteiger partial charge in [-0.1, -0.05) is 5.11 Å². The van der Waals surface area contributed by atoms with Crippen LogP contribution in [0.5, 0.6) is 0 Å². The summed E-state index contributed by atoms with van der Waals surface area (Å²) in [6, 6.07) is 0. The van der Waals surface area contributed by atoms with E-state index in [4.69, 9.17) is 161 Å². The number of hydrogen-bond donors (Lipinski definition) is 5. The van der Waals surface area contributed by atoms with Crippen LogP contribution in [-0.4, -0.2) is 421 Å². The van der Waals surface area contributed by atoms with E-state index in [1.54, 1.807) is 0 Å². The highest BCUT2D eigenvalue weighted by Gasteiger charge is 2.33. The zero-order chi connectivity index (χ0) is 78.4. The third-order valence-corrected chi connectivity index (χ3v) is 12.3. The Morgan fingerprint density at radius 3 is 0.538 bits per heavy atom. The first-order chi connectivity index (χ1) is 52.5. The molecule has 0 radical (unpaired) electrons. The molecule has 0 bridgehead atoms. The van der Waals surface area contributed by atoms with Crippen LogP contribution < -0.4 is 5.73 Å². The number of carbonyl (C=O) groups is 4. The highest BCUT2D eigenvalue weighted by molar-refractivity contribution is 5.67. The van der Waals surface area contributed by atoms with Crippen LogP contribution in [0.4, 0.5) is 4.39 Å². The summed E-state index contributed by atoms with van der Waals surface area (Å²) in [5, 5.41) is 38.2. The minimum absolute atomic E-state index is 0.0759. The number of rotatable bonds is 91. The fourth-order valence-electron chi connectivity index (χ4n) is 7.22. The van der Waals surface area contributed by atoms with Gasteiger partial charge in [-0.25, -0.2) is 0 Å². The monoisotopic (exact) mass is 1560 g/mol. The van der Waals surface area contributed by atoms with E-state index in [9.17, 15) is 23.6 Å². The fraction of sp³-hybridized carbons (Fsp3) is 0.939. The number of carboxylic acids is 4. The lowest BCUT2D eigenvalue weighted by Crippen LogP contribution is -2.42. The van der Waals surface area contributed by atoms with Gasteiger partial charge < -0.3 is 154 Å². The van der Waals surface area contributed by atoms with Gasteiger partial charge in [0, 0.05) is 18.0 Å². The molecule has 0 saturated heterocycles. The van der Waals surface area contributed by atoms with Crippen LogP contribution in [0, 0.1) is 5.41 Å². The summed E-state index contributed by atoms with van der Waals surface area (Å²) in [6.07, 6.45) is -0.962. The topological polar surface area (TPSA) is 473 Å². The minimum Gasteiger partial charge on any atom is -0.481 e. The summed E-state index contributed by atoms with van der Waals surface area (Å²) >= 11 is 0. The predicted molar refractivity (Wildman–Crippen MR) is 374 cm³/mol. The van der Waals surface area contributed by atoms with Crippen LogP contribution in [-0.2, 0) is 147 Å². The molecule has 0 atom stereocenters. The van der Waals surface area contributed by atoms with Crippen molar-refractivity contribution in [2.24, 2.45) is 16.3 Å². The van der Waals surface area contributed by atoms with Crippen LogP contribution in [0.1, 0.15) is 27.1 Å². The average molecular weight is 1560 g/mol. The minimum atomic E-state index is -1.05. The van der Waals surface area contributed by atoms with Crippen LogP contribution in [0.25, 0.3) is 10.4 Å². The Kier molecular flexibility index (Phi) is 93.5. The summed E-state index contributed by atoms with van der Waals surface area (Å²) in [7, 11) is -1.00. The second-order valence-electron chi connectivity index (χ2n) is 21.1. The van der Waals surface area contributed by atoms with E-state index in [-0.39, 0.29) is 78.5 Å². The van der Waals surface area contributed by atoms with E-state index in [1.807, 2.05) is 0 Å². The third kappa shape index (κ3) is 98.0. The molecule has 0 aromatic rings. The van der Waals surface area contributed by atoms with Crippen molar-refractivity contribution in [2.75, 3.05) is 377 Å². The molecule has 0 fully saturated rings. The second-order valence-corrected chi connectivity index (χ2v) is 21.1. The number of alkyl halides is 1. The Bertz CT molecular complexity index is 1770. The first kappa shape index (κ1) is 104. The molecule has 0 heterocycles. The van der Waals surface area contributed by atoms with Crippen molar-refractivity contribution >= 4 is 23.9 Å². The molecule has 0 unspecified atom stereocenters. The van der Waals surface area contributed by atoms with E-state index in [2.05, 4.69) is 10.0 Å². The first-order valence-corrected chi connectivity index (χ1v) is 35.5. The number of nitrogens with zero attached hydrogens (tertiary/aromatic N) is 3. The molecule has 0 aromatic carbocycles. The first-order valence-electron chi connectivity index (χ1n) is 36.2. The van der Waals surface area contributed by atoms with E-state index in [1.165, 1.54) is 0 Å². The van der Waals surface area contributed by atoms with Gasteiger partial charge in [0.25, 0.3) is 0 Å². The average Bonchev–Trinajstić information content (AvgIpc) is 0.981. The Hall–Kier alpha value is -4.00. The lowest BCUT2D eigenvalue weighted by Gasteiger charge is -2.33. The zero-order valence-corrected chi connectivity index (χ0v) is 62.4. The molecule has 0 aliphatic rings. The van der Waals surface area contributed by atoms with Crippen LogP contribution >= 0.6 is 0 Å². The number of nitrogens with two attached hydrogens (primary N) is 1. The molecular weight excluding hydrogens is 1430 g/mol. The van der Waals surface area contributed by atoms with Gasteiger partial charge in [0.05, 0.1) is 396 Å². The molecule has 40 heteroatoms. The standard InChI is InChI=1S/C48H98N4O23.C17H28O12.CH3F/c49-1-3-53-5-7-55-9-11-57-13-15-59-17-19-61-21-23-63-25-27-65-29-31-67-33-35-69-37-39-71-41-43-73-45-47-75-48-46-74-44-42-72-40-38-70-36-34-68-32-30-66-28-26-64-24-22-62-20-18-60-16-14-58-12-10-56-8-6-54-4-2-51-52-50;18-13(19)1-5-26-9-17(10-27-6-2-14(20)21,11-28-7-3-15(22)23)12-29-8-4-16(24)25;1-2/h1-49H2;1-12H2,(H,18,19)(H,20,21)(H,22,23)(H,24,25);1H3/i;;1D. The van der Waals surface area contributed by atoms with Crippen LogP contribution in [0.3, 0.4) is 0 Å². The summed E-state index contributed by atoms with van der Waals surface area (Å²) in [4.78, 5) is 45.2. The molecule has 630 valence electrons. The molecule has 0 spiro atoms. The Labute approximate surface area is 624 Å². The van der Waals surface area contributed by atoms with Crippen molar-refractivity contribution < 1.29 is 173 Å². The quantitative estimate of drug-likeness (QED) is 0.0247. The SMILES string of the molecule is O=C(O)CCOCC(COCCC(=O)O)(COCCC(=O)O)COCCC(=O)O.[2H]CF.[N-]=[N+]=NCCOCCOCCOCCOCCOCCOCCOCCOCCOCCOCCOCCOCCOCCOCCOCCOCCOCCOCCOCCOCCOCCOCCOCCN. The van der Waals surface area contributed by atoms with Gasteiger partial charge in [-0.15, -0.1) is 0 Å². The normalized spacial score (nSPS) is 11.5. The van der Waals surface area contributed by atoms with Crippen molar-refractivity contribution in [3.8, 4) is 0 Å². The lowest BCUT2D eigenvalue weighted by molar-refractivity contribution is -0.142. The molecular formula is C66H129FN4O35. The maximum absolute atomic E-state index is 10.6. The number of aliphatic carboxylic acids is 4. The highest BCUT2D eigenvalue weighted by atomic mass is 19.1. The summed E-state index contributed by atoms with van der Waals surface area (Å²) in [6.45, 7) is 22.7. The van der Waals surface area contributed by atoms with Gasteiger partial charge in [0.15, 0.2) is 0 Å². The largest absolute Gasteiger partial charge is 0.481 e. The fourth-order valence-corrected chi connectivity index (χ4v) is 7.22. The molecule has 0 amide bonds. The van der Waals surface area contributed by atoms with E-state index < -0.39 is 36.4 Å². The number of hydrogen-bond acceptors (Lipinski definition) is 33. The lowest BCUT2D eigenvalue weighted by atomic mass is 9.92. The molecule has 106 heavy (non-hydrogen) atoms. The Balaban J connectivity index is -0.00000280. The van der Waals surface area contributed by atoms with Crippen molar-refractivity contribution in [3.63, 3.8) is 0 Å². The molecule has 0 saturated carbocycles. The second kappa shape index (κ2) is 95.2. The Morgan fingerprint density at radius 1 is 0.283 bits per heavy atom. The molecule has 39 nitrogen and oxygen atoms in total. The van der Waals surface area contributed by atoms with Crippen LogP contribution in [0.2, 0.25) is 0 Å². The van der Waals surface area contributed by atoms with Crippen molar-refractivity contribution in [3.05, 3.63) is 10.4 Å². The Morgan fingerprint density at radius 2 is 0.415 bits per heavy atom. The zero-order valence-electron chi connectivity index (χ0n) is 63.4. The molecule has 6 N–H and O–H groups in total. The van der Waals surface area contributed by atoms with E-state index >= 15 is 0 Å². The number of ether oxygens (including phenoxy) is 27. The number of halogens is 1. The third-order valence-electron chi connectivity index (χ3n) is 12.3. The maximum Gasteiger partial charge on any atom is 0.305 e. The molecule has 0 aliphatic heterocycles. The van der Waals surface area contributed by atoms with Gasteiger partial charge in [0.1, 0.15) is 0 Å². The van der Waals surface area contributed by atoms with Gasteiger partial charge in [-0.2, -0.15) is 0 Å². The molecule has 0 aliphatic carbocycles. The van der Waals surface area contributed by atoms with Gasteiger partial charge in [-0.05, 0) is 5.53 Å². The predicted octanol–water partition coefficient (Wildman–Crippen LogP) is 1.16. The maximum atomic E-state index is 10.6.